The van der Waals surface area contributed by atoms with Crippen LogP contribution < -0.4 is 15.4 Å². The minimum atomic E-state index is -0.466. The lowest BCUT2D eigenvalue weighted by atomic mass is 10.2. The van der Waals surface area contributed by atoms with Gasteiger partial charge in [0.25, 0.3) is 0 Å². The topological polar surface area (TPSA) is 50.4 Å². The second-order valence-electron chi connectivity index (χ2n) is 4.47. The van der Waals surface area contributed by atoms with Crippen LogP contribution in [0.4, 0.5) is 10.1 Å². The molecule has 5 heteroatoms. The van der Waals surface area contributed by atoms with Crippen LogP contribution in [-0.2, 0) is 11.3 Å². The zero-order chi connectivity index (χ0) is 15.1. The summed E-state index contributed by atoms with van der Waals surface area (Å²) in [5, 5.41) is 5.65. The van der Waals surface area contributed by atoms with E-state index in [-0.39, 0.29) is 18.2 Å². The Labute approximate surface area is 122 Å². The lowest BCUT2D eigenvalue weighted by molar-refractivity contribution is -0.119. The molecule has 4 nitrogen and oxygen atoms in total. The minimum Gasteiger partial charge on any atom is -0.494 e. The minimum absolute atomic E-state index is 0.0819. The van der Waals surface area contributed by atoms with Crippen LogP contribution in [0.25, 0.3) is 0 Å². The number of methoxy groups -OCH3 is 1. The molecule has 0 saturated heterocycles. The van der Waals surface area contributed by atoms with Crippen molar-refractivity contribution in [2.75, 3.05) is 19.0 Å². The normalized spacial score (nSPS) is 10.0. The van der Waals surface area contributed by atoms with Gasteiger partial charge in [-0.3, -0.25) is 4.79 Å². The van der Waals surface area contributed by atoms with Crippen LogP contribution in [0.15, 0.2) is 48.5 Å². The van der Waals surface area contributed by atoms with Gasteiger partial charge in [-0.05, 0) is 17.7 Å². The summed E-state index contributed by atoms with van der Waals surface area (Å²) in [6.45, 7) is 0.553. The first-order valence-electron chi connectivity index (χ1n) is 6.57. The fourth-order valence-corrected chi connectivity index (χ4v) is 1.82. The van der Waals surface area contributed by atoms with E-state index >= 15 is 0 Å². The van der Waals surface area contributed by atoms with Crippen molar-refractivity contribution in [1.29, 1.82) is 0 Å². The van der Waals surface area contributed by atoms with Crippen LogP contribution in [-0.4, -0.2) is 19.6 Å². The quantitative estimate of drug-likeness (QED) is 0.859. The maximum absolute atomic E-state index is 13.5. The predicted octanol–water partition coefficient (Wildman–Crippen LogP) is 2.56. The molecular formula is C16H17FN2O2. The van der Waals surface area contributed by atoms with Gasteiger partial charge in [0.15, 0.2) is 11.6 Å². The average Bonchev–Trinajstić information content (AvgIpc) is 2.52. The maximum atomic E-state index is 13.5. The van der Waals surface area contributed by atoms with Crippen LogP contribution in [0.2, 0.25) is 0 Å². The van der Waals surface area contributed by atoms with Crippen LogP contribution >= 0.6 is 0 Å². The Balaban J connectivity index is 1.80. The molecule has 0 aliphatic heterocycles. The Morgan fingerprint density at radius 3 is 2.62 bits per heavy atom. The van der Waals surface area contributed by atoms with Gasteiger partial charge in [-0.25, -0.2) is 4.39 Å². The van der Waals surface area contributed by atoms with E-state index in [9.17, 15) is 9.18 Å². The van der Waals surface area contributed by atoms with Gasteiger partial charge in [-0.1, -0.05) is 30.3 Å². The third-order valence-corrected chi connectivity index (χ3v) is 2.94. The molecule has 2 rings (SSSR count). The first kappa shape index (κ1) is 14.8. The van der Waals surface area contributed by atoms with Crippen molar-refractivity contribution >= 4 is 11.6 Å². The van der Waals surface area contributed by atoms with Crippen LogP contribution in [0, 0.1) is 5.82 Å². The molecule has 21 heavy (non-hydrogen) atoms. The number of rotatable bonds is 6. The fraction of sp³-hybridized carbons (Fsp3) is 0.188. The smallest absolute Gasteiger partial charge is 0.239 e. The summed E-state index contributed by atoms with van der Waals surface area (Å²) in [4.78, 5) is 11.7. The highest BCUT2D eigenvalue weighted by atomic mass is 19.1. The van der Waals surface area contributed by atoms with Crippen molar-refractivity contribution in [1.82, 2.24) is 5.32 Å². The molecule has 0 bridgehead atoms. The van der Waals surface area contributed by atoms with E-state index in [1.165, 1.54) is 19.2 Å². The number of carbonyl (C=O) groups excluding carboxylic acids is 1. The molecule has 2 N–H and O–H groups in total. The van der Waals surface area contributed by atoms with Gasteiger partial charge in [0, 0.05) is 18.3 Å². The number of nitrogens with one attached hydrogen (secondary N) is 2. The van der Waals surface area contributed by atoms with E-state index in [0.29, 0.717) is 12.2 Å². The van der Waals surface area contributed by atoms with Gasteiger partial charge < -0.3 is 15.4 Å². The number of halogens is 1. The second kappa shape index (κ2) is 7.28. The number of benzene rings is 2. The molecule has 0 radical (unpaired) electrons. The predicted molar refractivity (Wildman–Crippen MR) is 79.7 cm³/mol. The largest absolute Gasteiger partial charge is 0.494 e. The Morgan fingerprint density at radius 1 is 1.19 bits per heavy atom. The van der Waals surface area contributed by atoms with Gasteiger partial charge >= 0.3 is 0 Å². The number of hydrogen-bond donors (Lipinski definition) is 2. The highest BCUT2D eigenvalue weighted by molar-refractivity contribution is 5.80. The first-order chi connectivity index (χ1) is 10.2. The maximum Gasteiger partial charge on any atom is 0.239 e. The van der Waals surface area contributed by atoms with Gasteiger partial charge in [0.1, 0.15) is 0 Å². The second-order valence-corrected chi connectivity index (χ2v) is 4.47. The molecule has 0 saturated carbocycles. The molecule has 2 aromatic carbocycles. The van der Waals surface area contributed by atoms with E-state index < -0.39 is 5.82 Å². The number of hydrogen-bond acceptors (Lipinski definition) is 3. The standard InChI is InChI=1S/C16H17FN2O2/c1-21-15-8-7-13(9-14(15)17)18-11-16(20)19-10-12-5-3-2-4-6-12/h2-9,18H,10-11H2,1H3,(H,19,20). The molecular weight excluding hydrogens is 271 g/mol. The SMILES string of the molecule is COc1ccc(NCC(=O)NCc2ccccc2)cc1F. The van der Waals surface area contributed by atoms with E-state index in [0.717, 1.165) is 5.56 Å². The monoisotopic (exact) mass is 288 g/mol. The zero-order valence-corrected chi connectivity index (χ0v) is 11.7. The summed E-state index contributed by atoms with van der Waals surface area (Å²) in [5.41, 5.74) is 1.56. The highest BCUT2D eigenvalue weighted by Crippen LogP contribution is 2.20. The van der Waals surface area contributed by atoms with Crippen molar-refractivity contribution < 1.29 is 13.9 Å². The van der Waals surface area contributed by atoms with Gasteiger partial charge in [-0.15, -0.1) is 0 Å². The molecule has 0 unspecified atom stereocenters. The fourth-order valence-electron chi connectivity index (χ4n) is 1.82. The van der Waals surface area contributed by atoms with Crippen molar-refractivity contribution in [2.24, 2.45) is 0 Å². The number of anilines is 1. The molecule has 110 valence electrons. The molecule has 0 heterocycles. The van der Waals surface area contributed by atoms with Crippen LogP contribution in [0.5, 0.6) is 5.75 Å². The number of carbonyl (C=O) groups is 1. The third kappa shape index (κ3) is 4.49. The lowest BCUT2D eigenvalue weighted by Crippen LogP contribution is -2.29. The van der Waals surface area contributed by atoms with Crippen molar-refractivity contribution in [2.45, 2.75) is 6.54 Å². The summed E-state index contributed by atoms with van der Waals surface area (Å²) in [6.07, 6.45) is 0. The van der Waals surface area contributed by atoms with E-state index in [1.54, 1.807) is 6.07 Å². The Morgan fingerprint density at radius 2 is 1.95 bits per heavy atom. The summed E-state index contributed by atoms with van der Waals surface area (Å²) < 4.78 is 18.3. The number of ether oxygens (including phenoxy) is 1. The molecule has 0 aliphatic rings. The van der Waals surface area contributed by atoms with Crippen LogP contribution in [0.3, 0.4) is 0 Å². The molecule has 0 fully saturated rings. The van der Waals surface area contributed by atoms with Crippen molar-refractivity contribution in [3.8, 4) is 5.75 Å². The van der Waals surface area contributed by atoms with E-state index in [1.807, 2.05) is 30.3 Å². The Kier molecular flexibility index (Phi) is 5.15. The van der Waals surface area contributed by atoms with Crippen LogP contribution in [0.1, 0.15) is 5.56 Å². The Hall–Kier alpha value is -2.56. The Bertz CT molecular complexity index is 602. The number of amides is 1. The lowest BCUT2D eigenvalue weighted by Gasteiger charge is -2.09. The highest BCUT2D eigenvalue weighted by Gasteiger charge is 2.05. The molecule has 1 amide bonds. The summed E-state index contributed by atoms with van der Waals surface area (Å²) in [7, 11) is 1.41. The average molecular weight is 288 g/mol. The third-order valence-electron chi connectivity index (χ3n) is 2.94. The molecule has 0 aliphatic carbocycles. The first-order valence-corrected chi connectivity index (χ1v) is 6.57. The van der Waals surface area contributed by atoms with Gasteiger partial charge in [0.2, 0.25) is 5.91 Å². The van der Waals surface area contributed by atoms with E-state index in [4.69, 9.17) is 4.74 Å². The van der Waals surface area contributed by atoms with Crippen molar-refractivity contribution in [3.05, 3.63) is 59.9 Å². The molecule has 0 spiro atoms. The zero-order valence-electron chi connectivity index (χ0n) is 11.7. The van der Waals surface area contributed by atoms with E-state index in [2.05, 4.69) is 10.6 Å². The van der Waals surface area contributed by atoms with Gasteiger partial charge in [0.05, 0.1) is 13.7 Å². The summed E-state index contributed by atoms with van der Waals surface area (Å²) >= 11 is 0. The summed E-state index contributed by atoms with van der Waals surface area (Å²) in [5.74, 6) is -0.448. The molecule has 2 aromatic rings. The van der Waals surface area contributed by atoms with Gasteiger partial charge in [-0.2, -0.15) is 0 Å². The van der Waals surface area contributed by atoms with Crippen molar-refractivity contribution in [3.63, 3.8) is 0 Å². The summed E-state index contributed by atoms with van der Waals surface area (Å²) in [6, 6.07) is 14.1. The molecule has 0 aromatic heterocycles. The molecule has 0 atom stereocenters.